The topological polar surface area (TPSA) is 61.5 Å². The molecule has 0 saturated carbocycles. The van der Waals surface area contributed by atoms with E-state index in [0.717, 1.165) is 28.9 Å². The Hall–Kier alpha value is -2.01. The number of primary amides is 1. The summed E-state index contributed by atoms with van der Waals surface area (Å²) < 4.78 is 11.4. The first-order valence-electron chi connectivity index (χ1n) is 6.76. The Morgan fingerprint density at radius 1 is 1.14 bits per heavy atom. The largest absolute Gasteiger partial charge is 0.493 e. The molecule has 22 heavy (non-hydrogen) atoms. The third kappa shape index (κ3) is 3.42. The number of amides is 1. The molecule has 0 unspecified atom stereocenters. The van der Waals surface area contributed by atoms with E-state index in [9.17, 15) is 4.79 Å². The van der Waals surface area contributed by atoms with Crippen LogP contribution in [0.1, 0.15) is 27.0 Å². The van der Waals surface area contributed by atoms with Crippen LogP contribution in [0, 0.1) is 6.92 Å². The van der Waals surface area contributed by atoms with Crippen LogP contribution in [0.5, 0.6) is 11.5 Å². The molecule has 0 bridgehead atoms. The van der Waals surface area contributed by atoms with E-state index in [2.05, 4.69) is 22.0 Å². The summed E-state index contributed by atoms with van der Waals surface area (Å²) in [5, 5.41) is 0. The zero-order chi connectivity index (χ0) is 16.3. The van der Waals surface area contributed by atoms with Crippen molar-refractivity contribution in [1.29, 1.82) is 0 Å². The first kappa shape index (κ1) is 16.4. The van der Waals surface area contributed by atoms with E-state index in [0.29, 0.717) is 15.8 Å². The lowest BCUT2D eigenvalue weighted by molar-refractivity contribution is 0.0999. The highest BCUT2D eigenvalue weighted by Gasteiger charge is 2.11. The number of ether oxygens (including phenoxy) is 2. The second-order valence-electron chi connectivity index (χ2n) is 5.00. The van der Waals surface area contributed by atoms with Crippen molar-refractivity contribution in [1.82, 2.24) is 0 Å². The monoisotopic (exact) mass is 363 g/mol. The number of benzene rings is 2. The van der Waals surface area contributed by atoms with E-state index >= 15 is 0 Å². The Bertz CT molecular complexity index is 713. The van der Waals surface area contributed by atoms with E-state index in [1.54, 1.807) is 20.3 Å². The van der Waals surface area contributed by atoms with Gasteiger partial charge in [0.25, 0.3) is 0 Å². The molecule has 2 aromatic rings. The third-order valence-corrected chi connectivity index (χ3v) is 4.09. The molecule has 4 nitrogen and oxygen atoms in total. The summed E-state index contributed by atoms with van der Waals surface area (Å²) in [6.07, 6.45) is 0.721. The van der Waals surface area contributed by atoms with Gasteiger partial charge < -0.3 is 15.2 Å². The van der Waals surface area contributed by atoms with Crippen molar-refractivity contribution >= 4 is 21.8 Å². The van der Waals surface area contributed by atoms with Crippen LogP contribution in [0.25, 0.3) is 0 Å². The molecule has 0 atom stereocenters. The number of aryl methyl sites for hydroxylation is 1. The number of hydrogen-bond donors (Lipinski definition) is 1. The minimum atomic E-state index is -0.444. The van der Waals surface area contributed by atoms with Crippen molar-refractivity contribution in [2.45, 2.75) is 13.3 Å². The quantitative estimate of drug-likeness (QED) is 0.884. The van der Waals surface area contributed by atoms with E-state index in [1.807, 2.05) is 25.1 Å². The normalized spacial score (nSPS) is 10.4. The van der Waals surface area contributed by atoms with Gasteiger partial charge in [0.05, 0.1) is 19.8 Å². The van der Waals surface area contributed by atoms with Crippen LogP contribution in [-0.4, -0.2) is 20.1 Å². The molecule has 0 aromatic heterocycles. The van der Waals surface area contributed by atoms with Gasteiger partial charge in [0, 0.05) is 4.47 Å². The van der Waals surface area contributed by atoms with Crippen LogP contribution in [0.3, 0.4) is 0 Å². The average Bonchev–Trinajstić information content (AvgIpc) is 2.46. The van der Waals surface area contributed by atoms with Crippen molar-refractivity contribution in [3.8, 4) is 11.5 Å². The highest BCUT2D eigenvalue weighted by atomic mass is 79.9. The molecule has 0 aliphatic rings. The third-order valence-electron chi connectivity index (χ3n) is 3.43. The number of hydrogen-bond acceptors (Lipinski definition) is 3. The minimum Gasteiger partial charge on any atom is -0.493 e. The highest BCUT2D eigenvalue weighted by molar-refractivity contribution is 9.10. The zero-order valence-electron chi connectivity index (χ0n) is 12.8. The summed E-state index contributed by atoms with van der Waals surface area (Å²) in [6.45, 7) is 1.98. The van der Waals surface area contributed by atoms with Gasteiger partial charge in [-0.3, -0.25) is 4.79 Å². The molecule has 1 amide bonds. The summed E-state index contributed by atoms with van der Waals surface area (Å²) in [4.78, 5) is 11.3. The summed E-state index contributed by atoms with van der Waals surface area (Å²) >= 11 is 3.38. The van der Waals surface area contributed by atoms with Crippen molar-refractivity contribution in [2.75, 3.05) is 14.2 Å². The SMILES string of the molecule is COc1cc(Cc2ccc(C(N)=O)c(Br)c2)cc(C)c1OC. The molecule has 0 heterocycles. The molecule has 116 valence electrons. The van der Waals surface area contributed by atoms with Gasteiger partial charge >= 0.3 is 0 Å². The smallest absolute Gasteiger partial charge is 0.249 e. The van der Waals surface area contributed by atoms with E-state index in [4.69, 9.17) is 15.2 Å². The number of carbonyl (C=O) groups excluding carboxylic acids is 1. The molecule has 0 aliphatic heterocycles. The van der Waals surface area contributed by atoms with Crippen LogP contribution in [0.2, 0.25) is 0 Å². The van der Waals surface area contributed by atoms with Crippen molar-refractivity contribution < 1.29 is 14.3 Å². The molecule has 0 spiro atoms. The Balaban J connectivity index is 2.33. The molecule has 2 aromatic carbocycles. The van der Waals surface area contributed by atoms with Crippen molar-refractivity contribution in [3.63, 3.8) is 0 Å². The van der Waals surface area contributed by atoms with E-state index < -0.39 is 5.91 Å². The molecule has 5 heteroatoms. The fourth-order valence-electron chi connectivity index (χ4n) is 2.43. The molecule has 0 fully saturated rings. The second kappa shape index (κ2) is 6.83. The maximum absolute atomic E-state index is 11.3. The molecule has 2 rings (SSSR count). The molecular weight excluding hydrogens is 346 g/mol. The lowest BCUT2D eigenvalue weighted by atomic mass is 10.0. The summed E-state index contributed by atoms with van der Waals surface area (Å²) in [5.41, 5.74) is 8.98. The average molecular weight is 364 g/mol. The fourth-order valence-corrected chi connectivity index (χ4v) is 3.05. The van der Waals surface area contributed by atoms with Gasteiger partial charge in [-0.25, -0.2) is 0 Å². The summed E-state index contributed by atoms with van der Waals surface area (Å²) in [7, 11) is 3.25. The van der Waals surface area contributed by atoms with Crippen LogP contribution in [-0.2, 0) is 6.42 Å². The number of nitrogens with two attached hydrogens (primary N) is 1. The minimum absolute atomic E-state index is 0.444. The lowest BCUT2D eigenvalue weighted by Crippen LogP contribution is -2.11. The molecular formula is C17H18BrNO3. The maximum atomic E-state index is 11.3. The van der Waals surface area contributed by atoms with Crippen molar-refractivity contribution in [3.05, 3.63) is 57.1 Å². The molecule has 0 saturated heterocycles. The first-order valence-corrected chi connectivity index (χ1v) is 7.55. The van der Waals surface area contributed by atoms with Crippen LogP contribution < -0.4 is 15.2 Å². The van der Waals surface area contributed by atoms with E-state index in [-0.39, 0.29) is 0 Å². The Morgan fingerprint density at radius 2 is 1.86 bits per heavy atom. The number of halogens is 1. The van der Waals surface area contributed by atoms with Crippen LogP contribution in [0.4, 0.5) is 0 Å². The molecule has 2 N–H and O–H groups in total. The first-order chi connectivity index (χ1) is 10.5. The van der Waals surface area contributed by atoms with Gasteiger partial charge in [0.1, 0.15) is 0 Å². The summed E-state index contributed by atoms with van der Waals surface area (Å²) in [6, 6.07) is 9.57. The molecule has 0 radical (unpaired) electrons. The predicted octanol–water partition coefficient (Wildman–Crippen LogP) is 3.46. The maximum Gasteiger partial charge on any atom is 0.249 e. The Morgan fingerprint density at radius 3 is 2.41 bits per heavy atom. The lowest BCUT2D eigenvalue weighted by Gasteiger charge is -2.13. The zero-order valence-corrected chi connectivity index (χ0v) is 14.4. The summed E-state index contributed by atoms with van der Waals surface area (Å²) in [5.74, 6) is 1.02. The highest BCUT2D eigenvalue weighted by Crippen LogP contribution is 2.33. The van der Waals surface area contributed by atoms with Gasteiger partial charge in [-0.15, -0.1) is 0 Å². The number of rotatable bonds is 5. The van der Waals surface area contributed by atoms with Gasteiger partial charge in [0.2, 0.25) is 5.91 Å². The predicted molar refractivity (Wildman–Crippen MR) is 89.7 cm³/mol. The Kier molecular flexibility index (Phi) is 5.08. The van der Waals surface area contributed by atoms with E-state index in [1.165, 1.54) is 0 Å². The van der Waals surface area contributed by atoms with Gasteiger partial charge in [-0.1, -0.05) is 12.1 Å². The molecule has 0 aliphatic carbocycles. The van der Waals surface area contributed by atoms with Crippen LogP contribution >= 0.6 is 15.9 Å². The second-order valence-corrected chi connectivity index (χ2v) is 5.86. The number of carbonyl (C=O) groups is 1. The Labute approximate surface area is 138 Å². The van der Waals surface area contributed by atoms with Crippen LogP contribution in [0.15, 0.2) is 34.8 Å². The van der Waals surface area contributed by atoms with Gasteiger partial charge in [-0.2, -0.15) is 0 Å². The standard InChI is InChI=1S/C17H18BrNO3/c1-10-6-12(9-15(21-2)16(10)22-3)7-11-4-5-13(17(19)20)14(18)8-11/h4-6,8-9H,7H2,1-3H3,(H2,19,20). The van der Waals surface area contributed by atoms with Gasteiger partial charge in [-0.05, 0) is 64.2 Å². The fraction of sp³-hybridized carbons (Fsp3) is 0.235. The van der Waals surface area contributed by atoms with Gasteiger partial charge in [0.15, 0.2) is 11.5 Å². The number of methoxy groups -OCH3 is 2. The van der Waals surface area contributed by atoms with Crippen molar-refractivity contribution in [2.24, 2.45) is 5.73 Å².